The molecule has 5 nitrogen and oxygen atoms in total. The van der Waals surface area contributed by atoms with Crippen molar-refractivity contribution in [1.82, 2.24) is 4.90 Å². The first-order valence-electron chi connectivity index (χ1n) is 5.15. The molecule has 0 spiro atoms. The monoisotopic (exact) mass is 275 g/mol. The van der Waals surface area contributed by atoms with E-state index in [4.69, 9.17) is 0 Å². The third-order valence-corrected chi connectivity index (χ3v) is 2.76. The first kappa shape index (κ1) is 14.6. The molecule has 0 aliphatic carbocycles. The molecule has 0 saturated heterocycles. The van der Waals surface area contributed by atoms with Gasteiger partial charge in [0.1, 0.15) is 5.82 Å². The highest BCUT2D eigenvalue weighted by molar-refractivity contribution is 7.85. The van der Waals surface area contributed by atoms with E-state index in [2.05, 4.69) is 4.18 Å². The van der Waals surface area contributed by atoms with Crippen molar-refractivity contribution in [3.63, 3.8) is 0 Å². The van der Waals surface area contributed by atoms with Crippen molar-refractivity contribution in [2.75, 3.05) is 26.5 Å². The summed E-state index contributed by atoms with van der Waals surface area (Å²) in [6.45, 7) is 0.0194. The summed E-state index contributed by atoms with van der Waals surface area (Å²) in [5.74, 6) is -0.748. The Bertz CT molecular complexity index is 512. The van der Waals surface area contributed by atoms with Crippen molar-refractivity contribution in [3.8, 4) is 0 Å². The summed E-state index contributed by atoms with van der Waals surface area (Å²) in [6.07, 6.45) is 0.939. The Morgan fingerprint density at radius 1 is 1.33 bits per heavy atom. The number of hydrogen-bond acceptors (Lipinski definition) is 4. The molecular formula is C11H14FNO4S. The van der Waals surface area contributed by atoms with E-state index in [1.54, 1.807) is 0 Å². The summed E-state index contributed by atoms with van der Waals surface area (Å²) in [6, 6.07) is 5.11. The molecule has 0 heterocycles. The molecule has 100 valence electrons. The maximum absolute atomic E-state index is 12.7. The second kappa shape index (κ2) is 5.92. The normalized spacial score (nSPS) is 11.3. The van der Waals surface area contributed by atoms with Crippen LogP contribution in [0.2, 0.25) is 0 Å². The van der Waals surface area contributed by atoms with E-state index < -0.39 is 15.9 Å². The maximum Gasteiger partial charge on any atom is 0.264 e. The van der Waals surface area contributed by atoms with Crippen molar-refractivity contribution in [1.29, 1.82) is 0 Å². The number of halogens is 1. The third kappa shape index (κ3) is 4.80. The van der Waals surface area contributed by atoms with Gasteiger partial charge in [0, 0.05) is 19.2 Å². The molecule has 0 aromatic heterocycles. The van der Waals surface area contributed by atoms with Gasteiger partial charge in [0.05, 0.1) is 12.9 Å². The van der Waals surface area contributed by atoms with Gasteiger partial charge >= 0.3 is 0 Å². The lowest BCUT2D eigenvalue weighted by atomic mass is 10.2. The minimum Gasteiger partial charge on any atom is -0.339 e. The molecule has 0 radical (unpaired) electrons. The van der Waals surface area contributed by atoms with E-state index in [-0.39, 0.29) is 19.1 Å². The molecule has 1 aromatic carbocycles. The number of hydrogen-bond donors (Lipinski definition) is 0. The topological polar surface area (TPSA) is 63.7 Å². The Labute approximate surface area is 105 Å². The van der Waals surface area contributed by atoms with Crippen LogP contribution >= 0.6 is 0 Å². The highest BCUT2D eigenvalue weighted by Crippen LogP contribution is 2.05. The second-order valence-corrected chi connectivity index (χ2v) is 5.40. The summed E-state index contributed by atoms with van der Waals surface area (Å²) in [4.78, 5) is 13.1. The maximum atomic E-state index is 12.7. The molecule has 0 aliphatic heterocycles. The quantitative estimate of drug-likeness (QED) is 0.748. The van der Waals surface area contributed by atoms with Crippen LogP contribution in [-0.4, -0.2) is 45.7 Å². The molecule has 1 aromatic rings. The van der Waals surface area contributed by atoms with Gasteiger partial charge in [-0.1, -0.05) is 0 Å². The zero-order valence-corrected chi connectivity index (χ0v) is 10.9. The van der Waals surface area contributed by atoms with E-state index in [0.717, 1.165) is 6.26 Å². The van der Waals surface area contributed by atoms with E-state index in [0.29, 0.717) is 5.56 Å². The Balaban J connectivity index is 2.54. The summed E-state index contributed by atoms with van der Waals surface area (Å²) >= 11 is 0. The predicted molar refractivity (Wildman–Crippen MR) is 64.2 cm³/mol. The number of benzene rings is 1. The van der Waals surface area contributed by atoms with E-state index >= 15 is 0 Å². The lowest BCUT2D eigenvalue weighted by Gasteiger charge is -2.16. The van der Waals surface area contributed by atoms with Gasteiger partial charge < -0.3 is 4.90 Å². The van der Waals surface area contributed by atoms with Gasteiger partial charge in [0.25, 0.3) is 16.0 Å². The molecule has 0 aliphatic rings. The van der Waals surface area contributed by atoms with Crippen LogP contribution in [-0.2, 0) is 14.3 Å². The summed E-state index contributed by atoms with van der Waals surface area (Å²) < 4.78 is 38.6. The Kier molecular flexibility index (Phi) is 4.80. The number of likely N-dealkylation sites (N-methyl/N-ethyl adjacent to an activating group) is 1. The number of amides is 1. The molecule has 18 heavy (non-hydrogen) atoms. The third-order valence-electron chi connectivity index (χ3n) is 2.16. The second-order valence-electron chi connectivity index (χ2n) is 3.76. The fourth-order valence-electron chi connectivity index (χ4n) is 1.24. The molecule has 0 unspecified atom stereocenters. The summed E-state index contributed by atoms with van der Waals surface area (Å²) in [5, 5.41) is 0. The smallest absolute Gasteiger partial charge is 0.264 e. The summed E-state index contributed by atoms with van der Waals surface area (Å²) in [7, 11) is -1.99. The van der Waals surface area contributed by atoms with Crippen LogP contribution in [0.4, 0.5) is 4.39 Å². The van der Waals surface area contributed by atoms with Gasteiger partial charge in [-0.2, -0.15) is 8.42 Å². The van der Waals surface area contributed by atoms with Gasteiger partial charge in [-0.25, -0.2) is 4.39 Å². The van der Waals surface area contributed by atoms with Gasteiger partial charge in [-0.15, -0.1) is 0 Å². The average Bonchev–Trinajstić information content (AvgIpc) is 2.27. The van der Waals surface area contributed by atoms with Gasteiger partial charge in [0.15, 0.2) is 0 Å². The fourth-order valence-corrected chi connectivity index (χ4v) is 1.62. The summed E-state index contributed by atoms with van der Waals surface area (Å²) in [5.41, 5.74) is 0.332. The molecule has 0 atom stereocenters. The molecule has 1 rings (SSSR count). The lowest BCUT2D eigenvalue weighted by molar-refractivity contribution is 0.0775. The van der Waals surface area contributed by atoms with Crippen molar-refractivity contribution in [3.05, 3.63) is 35.6 Å². The SMILES string of the molecule is CN(CCOS(C)(=O)=O)C(=O)c1ccc(F)cc1. The first-order valence-corrected chi connectivity index (χ1v) is 6.96. The van der Waals surface area contributed by atoms with Crippen LogP contribution in [0.3, 0.4) is 0 Å². The van der Waals surface area contributed by atoms with Crippen LogP contribution < -0.4 is 0 Å². The molecular weight excluding hydrogens is 261 g/mol. The molecule has 7 heteroatoms. The lowest BCUT2D eigenvalue weighted by Crippen LogP contribution is -2.30. The molecule has 1 amide bonds. The average molecular weight is 275 g/mol. The van der Waals surface area contributed by atoms with Crippen molar-refractivity contribution in [2.45, 2.75) is 0 Å². The van der Waals surface area contributed by atoms with Crippen LogP contribution in [0.15, 0.2) is 24.3 Å². The minimum atomic E-state index is -3.50. The highest BCUT2D eigenvalue weighted by Gasteiger charge is 2.12. The van der Waals surface area contributed by atoms with Crippen LogP contribution in [0.25, 0.3) is 0 Å². The molecule has 0 N–H and O–H groups in total. The Morgan fingerprint density at radius 3 is 2.39 bits per heavy atom. The van der Waals surface area contributed by atoms with E-state index in [1.807, 2.05) is 0 Å². The minimum absolute atomic E-state index is 0.109. The standard InChI is InChI=1S/C11H14FNO4S/c1-13(7-8-17-18(2,15)16)11(14)9-3-5-10(12)6-4-9/h3-6H,7-8H2,1-2H3. The van der Waals surface area contributed by atoms with Gasteiger partial charge in [-0.3, -0.25) is 8.98 Å². The number of carbonyl (C=O) groups excluding carboxylic acids is 1. The Hall–Kier alpha value is -1.47. The van der Waals surface area contributed by atoms with E-state index in [9.17, 15) is 17.6 Å². The highest BCUT2D eigenvalue weighted by atomic mass is 32.2. The van der Waals surface area contributed by atoms with Gasteiger partial charge in [0.2, 0.25) is 0 Å². The largest absolute Gasteiger partial charge is 0.339 e. The number of rotatable bonds is 5. The fraction of sp³-hybridized carbons (Fsp3) is 0.364. The Morgan fingerprint density at radius 2 is 1.89 bits per heavy atom. The molecule has 0 saturated carbocycles. The van der Waals surface area contributed by atoms with Crippen LogP contribution in [0.5, 0.6) is 0 Å². The molecule has 0 fully saturated rings. The zero-order valence-electron chi connectivity index (χ0n) is 10.1. The number of carbonyl (C=O) groups is 1. The number of nitrogens with zero attached hydrogens (tertiary/aromatic N) is 1. The van der Waals surface area contributed by atoms with Crippen LogP contribution in [0, 0.1) is 5.82 Å². The zero-order chi connectivity index (χ0) is 13.8. The molecule has 0 bridgehead atoms. The van der Waals surface area contributed by atoms with Crippen molar-refractivity contribution in [2.24, 2.45) is 0 Å². The predicted octanol–water partition coefficient (Wildman–Crippen LogP) is 0.874. The van der Waals surface area contributed by atoms with Crippen molar-refractivity contribution < 1.29 is 21.8 Å². The van der Waals surface area contributed by atoms with Gasteiger partial charge in [-0.05, 0) is 24.3 Å². The van der Waals surface area contributed by atoms with Crippen LogP contribution in [0.1, 0.15) is 10.4 Å². The first-order chi connectivity index (χ1) is 8.29. The van der Waals surface area contributed by atoms with E-state index in [1.165, 1.54) is 36.2 Å². The van der Waals surface area contributed by atoms with Crippen molar-refractivity contribution >= 4 is 16.0 Å².